The number of hydrogen-bond donors (Lipinski definition) is 3. The molecule has 3 N–H and O–H groups in total. The highest BCUT2D eigenvalue weighted by Crippen LogP contribution is 2.13. The van der Waals surface area contributed by atoms with Gasteiger partial charge in [-0.1, -0.05) is 167 Å². The van der Waals surface area contributed by atoms with Gasteiger partial charge in [0, 0.05) is 12.8 Å². The van der Waals surface area contributed by atoms with Gasteiger partial charge in [0.05, 0.1) is 25.4 Å². The molecule has 6 nitrogen and oxygen atoms in total. The van der Waals surface area contributed by atoms with Crippen LogP contribution in [-0.4, -0.2) is 47.4 Å². The van der Waals surface area contributed by atoms with Gasteiger partial charge in [0.2, 0.25) is 5.91 Å². The van der Waals surface area contributed by atoms with Gasteiger partial charge < -0.3 is 20.3 Å². The highest BCUT2D eigenvalue weighted by molar-refractivity contribution is 5.76. The van der Waals surface area contributed by atoms with Crippen molar-refractivity contribution in [3.8, 4) is 0 Å². The summed E-state index contributed by atoms with van der Waals surface area (Å²) in [6.07, 6.45) is 43.0. The van der Waals surface area contributed by atoms with Crippen molar-refractivity contribution in [2.45, 2.75) is 225 Å². The molecule has 0 aliphatic carbocycles. The molecule has 49 heavy (non-hydrogen) atoms. The second-order valence-corrected chi connectivity index (χ2v) is 14.3. The van der Waals surface area contributed by atoms with E-state index < -0.39 is 12.1 Å². The lowest BCUT2D eigenvalue weighted by atomic mass is 10.1. The quantitative estimate of drug-likeness (QED) is 0.0340. The van der Waals surface area contributed by atoms with E-state index in [0.717, 1.165) is 57.8 Å². The SMILES string of the molecule is CCCCC/C=C\CCCCCCCC(=O)OCCCCCCCCCCCCC(=O)NC(CO)C(O)/C=C/CCCCCCCCCC. The zero-order valence-electron chi connectivity index (χ0n) is 32.4. The van der Waals surface area contributed by atoms with Gasteiger partial charge in [-0.15, -0.1) is 0 Å². The maximum absolute atomic E-state index is 12.3. The molecule has 6 heteroatoms. The summed E-state index contributed by atoms with van der Waals surface area (Å²) in [5, 5.41) is 22.8. The molecule has 0 radical (unpaired) electrons. The predicted octanol–water partition coefficient (Wildman–Crippen LogP) is 11.6. The smallest absolute Gasteiger partial charge is 0.305 e. The first kappa shape index (κ1) is 47.3. The van der Waals surface area contributed by atoms with Crippen molar-refractivity contribution >= 4 is 11.9 Å². The molecule has 0 spiro atoms. The number of amides is 1. The Balaban J connectivity index is 3.53. The first-order valence-corrected chi connectivity index (χ1v) is 21.1. The van der Waals surface area contributed by atoms with Gasteiger partial charge in [0.1, 0.15) is 0 Å². The predicted molar refractivity (Wildman–Crippen MR) is 209 cm³/mol. The standard InChI is InChI=1S/C43H81NO5/c1-3-5-7-9-11-13-15-16-21-25-29-33-37-43(48)49-38-34-30-26-22-18-17-20-24-28-32-36-42(47)44-40(39-45)41(46)35-31-27-23-19-14-12-10-8-6-4-2/h11,13,31,35,40-41,45-46H,3-10,12,14-30,32-34,36-39H2,1-2H3,(H,44,47)/b13-11-,35-31+. The van der Waals surface area contributed by atoms with Crippen LogP contribution < -0.4 is 5.32 Å². The van der Waals surface area contributed by atoms with E-state index in [1.807, 2.05) is 6.08 Å². The molecular formula is C43H81NO5. The summed E-state index contributed by atoms with van der Waals surface area (Å²) in [5.74, 6) is -0.127. The number of esters is 1. The van der Waals surface area contributed by atoms with Crippen LogP contribution in [0.2, 0.25) is 0 Å². The molecule has 2 unspecified atom stereocenters. The van der Waals surface area contributed by atoms with Crippen molar-refractivity contribution in [2.75, 3.05) is 13.2 Å². The Morgan fingerprint density at radius 3 is 1.49 bits per heavy atom. The third-order valence-corrected chi connectivity index (χ3v) is 9.47. The van der Waals surface area contributed by atoms with Gasteiger partial charge in [-0.3, -0.25) is 9.59 Å². The van der Waals surface area contributed by atoms with Crippen molar-refractivity contribution < 1.29 is 24.5 Å². The van der Waals surface area contributed by atoms with Crippen molar-refractivity contribution in [2.24, 2.45) is 0 Å². The molecule has 0 aromatic carbocycles. The number of ether oxygens (including phenoxy) is 1. The van der Waals surface area contributed by atoms with E-state index in [-0.39, 0.29) is 18.5 Å². The lowest BCUT2D eigenvalue weighted by molar-refractivity contribution is -0.143. The minimum atomic E-state index is -0.856. The highest BCUT2D eigenvalue weighted by atomic mass is 16.5. The molecule has 0 bridgehead atoms. The Labute approximate surface area is 303 Å². The summed E-state index contributed by atoms with van der Waals surface area (Å²) in [7, 11) is 0. The van der Waals surface area contributed by atoms with Gasteiger partial charge in [-0.25, -0.2) is 0 Å². The molecule has 0 aromatic rings. The van der Waals surface area contributed by atoms with Gasteiger partial charge >= 0.3 is 5.97 Å². The number of aliphatic hydroxyl groups excluding tert-OH is 2. The second-order valence-electron chi connectivity index (χ2n) is 14.3. The molecule has 0 aliphatic heterocycles. The zero-order valence-corrected chi connectivity index (χ0v) is 32.4. The Kier molecular flexibility index (Phi) is 37.8. The maximum atomic E-state index is 12.3. The zero-order chi connectivity index (χ0) is 35.9. The summed E-state index contributed by atoms with van der Waals surface area (Å²) >= 11 is 0. The molecule has 0 fully saturated rings. The van der Waals surface area contributed by atoms with E-state index in [1.54, 1.807) is 6.08 Å². The van der Waals surface area contributed by atoms with E-state index in [4.69, 9.17) is 4.74 Å². The van der Waals surface area contributed by atoms with E-state index in [0.29, 0.717) is 19.4 Å². The Morgan fingerprint density at radius 2 is 0.959 bits per heavy atom. The second kappa shape index (κ2) is 39.1. The fourth-order valence-electron chi connectivity index (χ4n) is 6.15. The lowest BCUT2D eigenvalue weighted by Gasteiger charge is -2.20. The van der Waals surface area contributed by atoms with Crippen LogP contribution in [0.3, 0.4) is 0 Å². The van der Waals surface area contributed by atoms with Crippen LogP contribution in [0.5, 0.6) is 0 Å². The Hall–Kier alpha value is -1.66. The van der Waals surface area contributed by atoms with Crippen LogP contribution in [0.25, 0.3) is 0 Å². The normalized spacial score (nSPS) is 13.0. The van der Waals surface area contributed by atoms with Crippen LogP contribution in [-0.2, 0) is 14.3 Å². The fraction of sp³-hybridized carbons (Fsp3) is 0.860. The van der Waals surface area contributed by atoms with Crippen molar-refractivity contribution in [1.82, 2.24) is 5.32 Å². The van der Waals surface area contributed by atoms with Crippen LogP contribution in [0.15, 0.2) is 24.3 Å². The molecule has 0 aliphatic rings. The van der Waals surface area contributed by atoms with Crippen LogP contribution >= 0.6 is 0 Å². The number of unbranched alkanes of at least 4 members (excludes halogenated alkanes) is 25. The molecule has 0 heterocycles. The third kappa shape index (κ3) is 36.0. The van der Waals surface area contributed by atoms with E-state index in [9.17, 15) is 19.8 Å². The molecule has 0 saturated carbocycles. The number of hydrogen-bond acceptors (Lipinski definition) is 5. The van der Waals surface area contributed by atoms with Gasteiger partial charge in [0.15, 0.2) is 0 Å². The summed E-state index contributed by atoms with van der Waals surface area (Å²) in [4.78, 5) is 24.3. The summed E-state index contributed by atoms with van der Waals surface area (Å²) < 4.78 is 5.42. The largest absolute Gasteiger partial charge is 0.466 e. The minimum Gasteiger partial charge on any atom is -0.466 e. The fourth-order valence-corrected chi connectivity index (χ4v) is 6.15. The molecule has 0 saturated heterocycles. The topological polar surface area (TPSA) is 95.9 Å². The first-order chi connectivity index (χ1) is 24.0. The van der Waals surface area contributed by atoms with Crippen molar-refractivity contribution in [1.29, 1.82) is 0 Å². The molecular weight excluding hydrogens is 610 g/mol. The van der Waals surface area contributed by atoms with Crippen LogP contribution in [0, 0.1) is 0 Å². The number of carbonyl (C=O) groups is 2. The monoisotopic (exact) mass is 692 g/mol. The Bertz CT molecular complexity index is 767. The maximum Gasteiger partial charge on any atom is 0.305 e. The minimum absolute atomic E-state index is 0.0324. The average Bonchev–Trinajstić information content (AvgIpc) is 3.10. The highest BCUT2D eigenvalue weighted by Gasteiger charge is 2.18. The molecule has 1 amide bonds. The molecule has 0 aromatic heterocycles. The molecule has 2 atom stereocenters. The Morgan fingerprint density at radius 1 is 0.551 bits per heavy atom. The van der Waals surface area contributed by atoms with Gasteiger partial charge in [-0.05, 0) is 57.8 Å². The van der Waals surface area contributed by atoms with Crippen molar-refractivity contribution in [3.63, 3.8) is 0 Å². The van der Waals surface area contributed by atoms with Gasteiger partial charge in [-0.2, -0.15) is 0 Å². The summed E-state index contributed by atoms with van der Waals surface area (Å²) in [5.41, 5.74) is 0. The number of rotatable bonds is 38. The van der Waals surface area contributed by atoms with Crippen LogP contribution in [0.4, 0.5) is 0 Å². The van der Waals surface area contributed by atoms with E-state index in [1.165, 1.54) is 128 Å². The first-order valence-electron chi connectivity index (χ1n) is 21.1. The summed E-state index contributed by atoms with van der Waals surface area (Å²) in [6, 6.07) is -0.642. The van der Waals surface area contributed by atoms with E-state index in [2.05, 4.69) is 31.3 Å². The number of aliphatic hydroxyl groups is 2. The third-order valence-electron chi connectivity index (χ3n) is 9.47. The molecule has 288 valence electrons. The van der Waals surface area contributed by atoms with E-state index >= 15 is 0 Å². The van der Waals surface area contributed by atoms with Crippen molar-refractivity contribution in [3.05, 3.63) is 24.3 Å². The molecule has 0 rings (SSSR count). The van der Waals surface area contributed by atoms with Crippen LogP contribution in [0.1, 0.15) is 213 Å². The number of carbonyl (C=O) groups excluding carboxylic acids is 2. The van der Waals surface area contributed by atoms with Gasteiger partial charge in [0.25, 0.3) is 0 Å². The summed E-state index contributed by atoms with van der Waals surface area (Å²) in [6.45, 7) is 4.78. The number of allylic oxidation sites excluding steroid dienone is 3. The number of nitrogens with one attached hydrogen (secondary N) is 1. The average molecular weight is 692 g/mol. The lowest BCUT2D eigenvalue weighted by Crippen LogP contribution is -2.45.